The monoisotopic (exact) mass is 241 g/mol. The smallest absolute Gasteiger partial charge is 0.339 e. The van der Waals surface area contributed by atoms with Crippen LogP contribution in [0.1, 0.15) is 10.4 Å². The van der Waals surface area contributed by atoms with E-state index in [9.17, 15) is 14.7 Å². The number of carbonyl (C=O) groups excluding carboxylic acids is 1. The molecule has 1 aromatic rings. The zero-order valence-corrected chi connectivity index (χ0v) is 9.37. The molecular formula is C10H11NO4S. The molecular weight excluding hydrogens is 230 g/mol. The van der Waals surface area contributed by atoms with Gasteiger partial charge >= 0.3 is 5.97 Å². The second-order valence-electron chi connectivity index (χ2n) is 3.02. The van der Waals surface area contributed by atoms with Crippen molar-refractivity contribution in [2.45, 2.75) is 0 Å². The molecule has 0 spiro atoms. The highest BCUT2D eigenvalue weighted by atomic mass is 32.2. The zero-order valence-electron chi connectivity index (χ0n) is 8.56. The fraction of sp³-hybridized carbons (Fsp3) is 0.200. The van der Waals surface area contributed by atoms with Crippen molar-refractivity contribution in [3.05, 3.63) is 23.8 Å². The molecule has 0 heterocycles. The van der Waals surface area contributed by atoms with Crippen LogP contribution in [0.5, 0.6) is 5.75 Å². The summed E-state index contributed by atoms with van der Waals surface area (Å²) in [6.45, 7) is 0. The average molecular weight is 241 g/mol. The summed E-state index contributed by atoms with van der Waals surface area (Å²) in [6.07, 6.45) is 1.80. The van der Waals surface area contributed by atoms with Crippen molar-refractivity contribution < 1.29 is 19.8 Å². The number of benzene rings is 1. The number of amides is 1. The second-order valence-corrected chi connectivity index (χ2v) is 3.88. The third-order valence-electron chi connectivity index (χ3n) is 1.79. The van der Waals surface area contributed by atoms with E-state index in [1.54, 1.807) is 6.26 Å². The quantitative estimate of drug-likeness (QED) is 0.741. The van der Waals surface area contributed by atoms with Gasteiger partial charge in [-0.05, 0) is 18.4 Å². The Bertz CT molecular complexity index is 419. The van der Waals surface area contributed by atoms with Crippen molar-refractivity contribution in [3.63, 3.8) is 0 Å². The number of hydrogen-bond donors (Lipinski definition) is 3. The summed E-state index contributed by atoms with van der Waals surface area (Å²) in [5.74, 6) is -1.47. The average Bonchev–Trinajstić information content (AvgIpc) is 2.17. The highest BCUT2D eigenvalue weighted by Gasteiger charge is 2.10. The Morgan fingerprint density at radius 1 is 1.44 bits per heavy atom. The van der Waals surface area contributed by atoms with Crippen LogP contribution in [0.25, 0.3) is 0 Å². The Kier molecular flexibility index (Phi) is 4.19. The molecule has 3 N–H and O–H groups in total. The van der Waals surface area contributed by atoms with Crippen molar-refractivity contribution in [1.82, 2.24) is 0 Å². The molecule has 0 atom stereocenters. The Morgan fingerprint density at radius 3 is 2.62 bits per heavy atom. The topological polar surface area (TPSA) is 86.6 Å². The standard InChI is InChI=1S/C10H11NO4S/c1-16-5-9(13)11-6-2-3-7(10(14)15)8(12)4-6/h2-4,12H,5H2,1H3,(H,11,13)(H,14,15). The van der Waals surface area contributed by atoms with Crippen molar-refractivity contribution in [3.8, 4) is 5.75 Å². The van der Waals surface area contributed by atoms with Gasteiger partial charge in [-0.3, -0.25) is 4.79 Å². The Morgan fingerprint density at radius 2 is 2.12 bits per heavy atom. The molecule has 1 aromatic carbocycles. The Hall–Kier alpha value is -1.69. The van der Waals surface area contributed by atoms with Gasteiger partial charge in [-0.1, -0.05) is 0 Å². The first kappa shape index (κ1) is 12.4. The fourth-order valence-electron chi connectivity index (χ4n) is 1.12. The Labute approximate surface area is 96.5 Å². The van der Waals surface area contributed by atoms with E-state index in [2.05, 4.69) is 5.32 Å². The van der Waals surface area contributed by atoms with Gasteiger partial charge < -0.3 is 15.5 Å². The molecule has 0 unspecified atom stereocenters. The molecule has 16 heavy (non-hydrogen) atoms. The number of anilines is 1. The first-order valence-electron chi connectivity index (χ1n) is 4.39. The number of carbonyl (C=O) groups is 2. The number of carboxylic acids is 1. The number of phenols is 1. The van der Waals surface area contributed by atoms with E-state index < -0.39 is 5.97 Å². The van der Waals surface area contributed by atoms with Gasteiger partial charge in [0.25, 0.3) is 0 Å². The van der Waals surface area contributed by atoms with Crippen molar-refractivity contribution in [1.29, 1.82) is 0 Å². The minimum atomic E-state index is -1.21. The first-order chi connectivity index (χ1) is 7.54. The third-order valence-corrected chi connectivity index (χ3v) is 2.34. The van der Waals surface area contributed by atoms with Crippen LogP contribution in [0.4, 0.5) is 5.69 Å². The summed E-state index contributed by atoms with van der Waals surface area (Å²) in [6, 6.07) is 3.88. The number of aromatic carboxylic acids is 1. The van der Waals surface area contributed by atoms with Gasteiger partial charge in [-0.2, -0.15) is 11.8 Å². The lowest BCUT2D eigenvalue weighted by Gasteiger charge is -2.06. The second kappa shape index (κ2) is 5.41. The lowest BCUT2D eigenvalue weighted by molar-refractivity contribution is -0.113. The largest absolute Gasteiger partial charge is 0.507 e. The van der Waals surface area contributed by atoms with E-state index >= 15 is 0 Å². The maximum Gasteiger partial charge on any atom is 0.339 e. The van der Waals surface area contributed by atoms with Gasteiger partial charge in [0.2, 0.25) is 5.91 Å². The molecule has 0 saturated carbocycles. The number of thioether (sulfide) groups is 1. The van der Waals surface area contributed by atoms with Crippen molar-refractivity contribution in [2.24, 2.45) is 0 Å². The van der Waals surface area contributed by atoms with Crippen LogP contribution in [0.15, 0.2) is 18.2 Å². The van der Waals surface area contributed by atoms with Crippen LogP contribution in [0.3, 0.4) is 0 Å². The highest BCUT2D eigenvalue weighted by Crippen LogP contribution is 2.21. The van der Waals surface area contributed by atoms with Gasteiger partial charge in [-0.15, -0.1) is 0 Å². The van der Waals surface area contributed by atoms with Crippen LogP contribution in [0.2, 0.25) is 0 Å². The lowest BCUT2D eigenvalue weighted by atomic mass is 10.2. The summed E-state index contributed by atoms with van der Waals surface area (Å²) in [5, 5.41) is 20.6. The molecule has 0 saturated heterocycles. The normalized spacial score (nSPS) is 9.81. The number of hydrogen-bond acceptors (Lipinski definition) is 4. The SMILES string of the molecule is CSCC(=O)Nc1ccc(C(=O)O)c(O)c1. The van der Waals surface area contributed by atoms with E-state index in [0.717, 1.165) is 0 Å². The molecule has 0 aromatic heterocycles. The van der Waals surface area contributed by atoms with Crippen molar-refractivity contribution in [2.75, 3.05) is 17.3 Å². The zero-order chi connectivity index (χ0) is 12.1. The number of aromatic hydroxyl groups is 1. The predicted molar refractivity (Wildman–Crippen MR) is 62.1 cm³/mol. The van der Waals surface area contributed by atoms with Crippen LogP contribution in [-0.2, 0) is 4.79 Å². The molecule has 0 aliphatic rings. The van der Waals surface area contributed by atoms with E-state index in [4.69, 9.17) is 5.11 Å². The van der Waals surface area contributed by atoms with Gasteiger partial charge in [-0.25, -0.2) is 4.79 Å². The predicted octanol–water partition coefficient (Wildman–Crippen LogP) is 1.39. The highest BCUT2D eigenvalue weighted by molar-refractivity contribution is 7.99. The molecule has 1 rings (SSSR count). The molecule has 0 radical (unpaired) electrons. The molecule has 86 valence electrons. The van der Waals surface area contributed by atoms with Gasteiger partial charge in [0, 0.05) is 11.8 Å². The minimum absolute atomic E-state index is 0.192. The first-order valence-corrected chi connectivity index (χ1v) is 5.79. The summed E-state index contributed by atoms with van der Waals surface area (Å²) in [4.78, 5) is 21.8. The summed E-state index contributed by atoms with van der Waals surface area (Å²) in [7, 11) is 0. The fourth-order valence-corrected chi connectivity index (χ4v) is 1.45. The van der Waals surface area contributed by atoms with Crippen LogP contribution in [-0.4, -0.2) is 34.1 Å². The summed E-state index contributed by atoms with van der Waals surface area (Å²) < 4.78 is 0. The van der Waals surface area contributed by atoms with E-state index in [0.29, 0.717) is 11.4 Å². The van der Waals surface area contributed by atoms with E-state index in [-0.39, 0.29) is 17.2 Å². The van der Waals surface area contributed by atoms with E-state index in [1.165, 1.54) is 30.0 Å². The summed E-state index contributed by atoms with van der Waals surface area (Å²) in [5.41, 5.74) is 0.185. The third kappa shape index (κ3) is 3.16. The number of carboxylic acid groups (broad SMARTS) is 1. The van der Waals surface area contributed by atoms with Crippen LogP contribution in [0, 0.1) is 0 Å². The molecule has 0 bridgehead atoms. The van der Waals surface area contributed by atoms with Gasteiger partial charge in [0.05, 0.1) is 5.75 Å². The maximum atomic E-state index is 11.2. The lowest BCUT2D eigenvalue weighted by Crippen LogP contribution is -2.13. The Balaban J connectivity index is 2.81. The van der Waals surface area contributed by atoms with Crippen LogP contribution >= 0.6 is 11.8 Å². The van der Waals surface area contributed by atoms with Gasteiger partial charge in [0.15, 0.2) is 0 Å². The van der Waals surface area contributed by atoms with E-state index in [1.807, 2.05) is 0 Å². The van der Waals surface area contributed by atoms with Gasteiger partial charge in [0.1, 0.15) is 11.3 Å². The minimum Gasteiger partial charge on any atom is -0.507 e. The van der Waals surface area contributed by atoms with Crippen molar-refractivity contribution >= 4 is 29.3 Å². The molecule has 5 nitrogen and oxygen atoms in total. The molecule has 0 fully saturated rings. The van der Waals surface area contributed by atoms with Crippen LogP contribution < -0.4 is 5.32 Å². The molecule has 6 heteroatoms. The number of nitrogens with one attached hydrogen (secondary N) is 1. The number of rotatable bonds is 4. The molecule has 0 aliphatic heterocycles. The maximum absolute atomic E-state index is 11.2. The molecule has 0 aliphatic carbocycles. The summed E-state index contributed by atoms with van der Waals surface area (Å²) >= 11 is 1.37. The molecule has 1 amide bonds.